The smallest absolute Gasteiger partial charge is 0.325 e. The van der Waals surface area contributed by atoms with Crippen LogP contribution in [0.4, 0.5) is 9.18 Å². The molecule has 7 heteroatoms. The molecule has 1 fully saturated rings. The van der Waals surface area contributed by atoms with E-state index in [-0.39, 0.29) is 18.5 Å². The van der Waals surface area contributed by atoms with Crippen molar-refractivity contribution in [3.63, 3.8) is 0 Å². The first-order valence-corrected chi connectivity index (χ1v) is 9.53. The molecule has 0 radical (unpaired) electrons. The number of hydrogen-bond acceptors (Lipinski definition) is 3. The van der Waals surface area contributed by atoms with Gasteiger partial charge in [-0.3, -0.25) is 14.5 Å². The zero-order valence-electron chi connectivity index (χ0n) is 16.2. The van der Waals surface area contributed by atoms with Gasteiger partial charge in [-0.2, -0.15) is 0 Å². The van der Waals surface area contributed by atoms with E-state index in [9.17, 15) is 18.8 Å². The number of halogens is 1. The van der Waals surface area contributed by atoms with Crippen LogP contribution in [0.2, 0.25) is 0 Å². The average molecular weight is 377 g/mol. The zero-order valence-corrected chi connectivity index (χ0v) is 16.2. The summed E-state index contributed by atoms with van der Waals surface area (Å²) in [5.41, 5.74) is -0.728. The van der Waals surface area contributed by atoms with Gasteiger partial charge in [-0.1, -0.05) is 45.2 Å². The Kier molecular flexibility index (Phi) is 6.93. The molecule has 0 aliphatic carbocycles. The number of hydrogen-bond donors (Lipinski definition) is 2. The third-order valence-electron chi connectivity index (χ3n) is 4.85. The quantitative estimate of drug-likeness (QED) is 0.649. The van der Waals surface area contributed by atoms with Crippen molar-refractivity contribution >= 4 is 17.8 Å². The van der Waals surface area contributed by atoms with Gasteiger partial charge in [0.25, 0.3) is 5.91 Å². The first kappa shape index (κ1) is 20.9. The normalized spacial score (nSPS) is 20.5. The van der Waals surface area contributed by atoms with E-state index in [2.05, 4.69) is 10.6 Å². The maximum atomic E-state index is 13.3. The number of nitrogens with zero attached hydrogens (tertiary/aromatic N) is 1. The minimum Gasteiger partial charge on any atom is -0.352 e. The highest BCUT2D eigenvalue weighted by molar-refractivity contribution is 6.09. The highest BCUT2D eigenvalue weighted by Crippen LogP contribution is 2.34. The van der Waals surface area contributed by atoms with Crippen LogP contribution >= 0.6 is 0 Å². The first-order chi connectivity index (χ1) is 12.8. The summed E-state index contributed by atoms with van der Waals surface area (Å²) < 4.78 is 13.3. The van der Waals surface area contributed by atoms with Crippen molar-refractivity contribution in [2.24, 2.45) is 0 Å². The van der Waals surface area contributed by atoms with Crippen molar-refractivity contribution in [3.8, 4) is 0 Å². The van der Waals surface area contributed by atoms with E-state index in [0.29, 0.717) is 18.4 Å². The summed E-state index contributed by atoms with van der Waals surface area (Å²) in [5.74, 6) is -1.25. The monoisotopic (exact) mass is 377 g/mol. The van der Waals surface area contributed by atoms with E-state index in [4.69, 9.17) is 0 Å². The summed E-state index contributed by atoms with van der Waals surface area (Å²) in [6.45, 7) is 5.57. The van der Waals surface area contributed by atoms with Gasteiger partial charge >= 0.3 is 6.03 Å². The van der Waals surface area contributed by atoms with Crippen LogP contribution in [0.3, 0.4) is 0 Å². The third-order valence-corrected chi connectivity index (χ3v) is 4.85. The molecule has 0 bridgehead atoms. The summed E-state index contributed by atoms with van der Waals surface area (Å²) in [6, 6.07) is 4.93. The van der Waals surface area contributed by atoms with Gasteiger partial charge in [0.2, 0.25) is 5.91 Å². The van der Waals surface area contributed by atoms with Crippen LogP contribution in [0.1, 0.15) is 58.4 Å². The Morgan fingerprint density at radius 2 is 1.89 bits per heavy atom. The van der Waals surface area contributed by atoms with E-state index in [1.807, 2.05) is 20.8 Å². The van der Waals surface area contributed by atoms with Crippen molar-refractivity contribution in [2.45, 2.75) is 64.5 Å². The molecule has 1 aromatic carbocycles. The Bertz CT molecular complexity index is 692. The first-order valence-electron chi connectivity index (χ1n) is 9.53. The second-order valence-corrected chi connectivity index (χ2v) is 7.09. The Balaban J connectivity index is 2.22. The predicted octanol–water partition coefficient (Wildman–Crippen LogP) is 3.07. The van der Waals surface area contributed by atoms with E-state index in [0.717, 1.165) is 24.2 Å². The Morgan fingerprint density at radius 3 is 2.48 bits per heavy atom. The number of unbranched alkanes of at least 4 members (excludes halogenated alkanes) is 1. The topological polar surface area (TPSA) is 78.5 Å². The van der Waals surface area contributed by atoms with Gasteiger partial charge < -0.3 is 10.6 Å². The summed E-state index contributed by atoms with van der Waals surface area (Å²) in [6.07, 6.45) is 3.68. The maximum absolute atomic E-state index is 13.3. The van der Waals surface area contributed by atoms with Crippen molar-refractivity contribution in [1.29, 1.82) is 0 Å². The molecular formula is C20H28FN3O3. The van der Waals surface area contributed by atoms with Crippen LogP contribution in [-0.4, -0.2) is 35.3 Å². The van der Waals surface area contributed by atoms with Gasteiger partial charge in [-0.25, -0.2) is 9.18 Å². The molecule has 1 heterocycles. The summed E-state index contributed by atoms with van der Waals surface area (Å²) in [4.78, 5) is 38.8. The Morgan fingerprint density at radius 1 is 1.22 bits per heavy atom. The van der Waals surface area contributed by atoms with Crippen LogP contribution in [0.15, 0.2) is 24.3 Å². The second kappa shape index (κ2) is 8.97. The van der Waals surface area contributed by atoms with E-state index in [1.54, 1.807) is 0 Å². The van der Waals surface area contributed by atoms with Crippen molar-refractivity contribution in [1.82, 2.24) is 15.5 Å². The number of rotatable bonds is 9. The molecule has 1 aliphatic heterocycles. The molecule has 1 saturated heterocycles. The van der Waals surface area contributed by atoms with E-state index >= 15 is 0 Å². The van der Waals surface area contributed by atoms with Crippen molar-refractivity contribution < 1.29 is 18.8 Å². The SMILES string of the molecule is CCCC[C@@]1(c2ccc(F)cc2)NC(=O)N(CC(=O)N[C@H](C)CCC)C1=O. The fourth-order valence-electron chi connectivity index (χ4n) is 3.42. The van der Waals surface area contributed by atoms with Crippen LogP contribution in [0.25, 0.3) is 0 Å². The number of carbonyl (C=O) groups excluding carboxylic acids is 3. The highest BCUT2D eigenvalue weighted by Gasteiger charge is 2.52. The lowest BCUT2D eigenvalue weighted by Gasteiger charge is -2.27. The molecule has 2 atom stereocenters. The molecule has 2 N–H and O–H groups in total. The van der Waals surface area contributed by atoms with Gasteiger partial charge in [-0.15, -0.1) is 0 Å². The molecule has 0 aromatic heterocycles. The number of imide groups is 1. The lowest BCUT2D eigenvalue weighted by Crippen LogP contribution is -2.46. The van der Waals surface area contributed by atoms with Crippen molar-refractivity contribution in [2.75, 3.05) is 6.54 Å². The highest BCUT2D eigenvalue weighted by atomic mass is 19.1. The number of carbonyl (C=O) groups is 3. The number of benzene rings is 1. The predicted molar refractivity (Wildman–Crippen MR) is 100 cm³/mol. The zero-order chi connectivity index (χ0) is 20.0. The molecule has 1 aromatic rings. The summed E-state index contributed by atoms with van der Waals surface area (Å²) in [7, 11) is 0. The van der Waals surface area contributed by atoms with Crippen LogP contribution < -0.4 is 10.6 Å². The molecule has 1 aliphatic rings. The molecule has 6 nitrogen and oxygen atoms in total. The molecule has 27 heavy (non-hydrogen) atoms. The maximum Gasteiger partial charge on any atom is 0.325 e. The molecule has 0 saturated carbocycles. The van der Waals surface area contributed by atoms with Crippen LogP contribution in [0, 0.1) is 5.82 Å². The molecule has 2 rings (SSSR count). The molecule has 0 spiro atoms. The van der Waals surface area contributed by atoms with Gasteiger partial charge in [0.05, 0.1) is 0 Å². The summed E-state index contributed by atoms with van der Waals surface area (Å²) in [5, 5.41) is 5.56. The lowest BCUT2D eigenvalue weighted by molar-refractivity contribution is -0.135. The molecule has 4 amide bonds. The fraction of sp³-hybridized carbons (Fsp3) is 0.550. The number of urea groups is 1. The standard InChI is InChI=1S/C20H28FN3O3/c1-4-6-12-20(15-8-10-16(21)11-9-15)18(26)24(19(27)23-20)13-17(25)22-14(3)7-5-2/h8-11,14H,4-7,12-13H2,1-3H3,(H,22,25)(H,23,27)/t14-,20+/m1/s1. The van der Waals surface area contributed by atoms with Gasteiger partial charge in [0.1, 0.15) is 17.9 Å². The number of nitrogens with one attached hydrogen (secondary N) is 2. The Hall–Kier alpha value is -2.44. The second-order valence-electron chi connectivity index (χ2n) is 7.09. The third kappa shape index (κ3) is 4.64. The van der Waals surface area contributed by atoms with Crippen molar-refractivity contribution in [3.05, 3.63) is 35.6 Å². The molecule has 0 unspecified atom stereocenters. The van der Waals surface area contributed by atoms with Gasteiger partial charge in [0.15, 0.2) is 0 Å². The van der Waals surface area contributed by atoms with Gasteiger partial charge in [0, 0.05) is 6.04 Å². The lowest BCUT2D eigenvalue weighted by atomic mass is 9.85. The summed E-state index contributed by atoms with van der Waals surface area (Å²) >= 11 is 0. The average Bonchev–Trinajstić information content (AvgIpc) is 2.86. The Labute approximate surface area is 159 Å². The largest absolute Gasteiger partial charge is 0.352 e. The van der Waals surface area contributed by atoms with Gasteiger partial charge in [-0.05, 0) is 37.5 Å². The molecular weight excluding hydrogens is 349 g/mol. The van der Waals surface area contributed by atoms with E-state index in [1.165, 1.54) is 24.3 Å². The molecule has 148 valence electrons. The van der Waals surface area contributed by atoms with Crippen LogP contribution in [-0.2, 0) is 15.1 Å². The minimum atomic E-state index is -1.25. The van der Waals surface area contributed by atoms with Crippen LogP contribution in [0.5, 0.6) is 0 Å². The van der Waals surface area contributed by atoms with E-state index < -0.39 is 23.3 Å². The fourth-order valence-corrected chi connectivity index (χ4v) is 3.42. The minimum absolute atomic E-state index is 0.0230. The number of amides is 4.